The first-order chi connectivity index (χ1) is 11.8. The third-order valence-corrected chi connectivity index (χ3v) is 5.94. The van der Waals surface area contributed by atoms with Crippen LogP contribution in [0.3, 0.4) is 0 Å². The number of benzene rings is 1. The van der Waals surface area contributed by atoms with Crippen molar-refractivity contribution in [3.05, 3.63) is 36.2 Å². The summed E-state index contributed by atoms with van der Waals surface area (Å²) >= 11 is 0. The fourth-order valence-electron chi connectivity index (χ4n) is 4.74. The molecule has 2 saturated heterocycles. The molecule has 3 aliphatic rings. The number of carbonyl (C=O) groups is 1. The van der Waals surface area contributed by atoms with Crippen LogP contribution in [0.2, 0.25) is 0 Å². The third kappa shape index (κ3) is 2.29. The molecule has 2 aromatic rings. The van der Waals surface area contributed by atoms with E-state index in [4.69, 9.17) is 4.98 Å². The molecule has 5 rings (SSSR count). The van der Waals surface area contributed by atoms with Crippen molar-refractivity contribution in [3.63, 3.8) is 0 Å². The quantitative estimate of drug-likeness (QED) is 0.732. The molecule has 0 spiro atoms. The number of piperidine rings is 1. The van der Waals surface area contributed by atoms with Crippen LogP contribution in [0.5, 0.6) is 0 Å². The molecule has 0 bridgehead atoms. The van der Waals surface area contributed by atoms with Crippen molar-refractivity contribution in [2.75, 3.05) is 6.54 Å². The number of nitrogens with one attached hydrogen (secondary N) is 3. The van der Waals surface area contributed by atoms with Gasteiger partial charge in [0.1, 0.15) is 0 Å². The molecule has 3 N–H and O–H groups in total. The second-order valence-electron chi connectivity index (χ2n) is 7.30. The molecule has 5 unspecified atom stereocenters. The zero-order valence-corrected chi connectivity index (χ0v) is 13.4. The minimum atomic E-state index is 0.139. The summed E-state index contributed by atoms with van der Waals surface area (Å²) in [7, 11) is 0. The SMILES string of the molecule is O=C1CC(c2cnc3ccccc3n2)C2CC3CNNC3CC2N1. The van der Waals surface area contributed by atoms with Gasteiger partial charge in [-0.25, -0.2) is 4.98 Å². The van der Waals surface area contributed by atoms with Crippen molar-refractivity contribution in [2.24, 2.45) is 11.8 Å². The Kier molecular flexibility index (Phi) is 3.28. The highest BCUT2D eigenvalue weighted by Gasteiger charge is 2.46. The summed E-state index contributed by atoms with van der Waals surface area (Å²) < 4.78 is 0. The number of hydrogen-bond donors (Lipinski definition) is 3. The molecule has 1 aromatic heterocycles. The van der Waals surface area contributed by atoms with E-state index in [1.165, 1.54) is 0 Å². The van der Waals surface area contributed by atoms with Gasteiger partial charge in [-0.15, -0.1) is 0 Å². The Balaban J connectivity index is 1.51. The maximum atomic E-state index is 12.3. The number of nitrogens with zero attached hydrogens (tertiary/aromatic N) is 2. The van der Waals surface area contributed by atoms with Crippen LogP contribution in [0.25, 0.3) is 11.0 Å². The van der Waals surface area contributed by atoms with Crippen molar-refractivity contribution >= 4 is 16.9 Å². The van der Waals surface area contributed by atoms with Crippen LogP contribution in [0.4, 0.5) is 0 Å². The van der Waals surface area contributed by atoms with Gasteiger partial charge in [-0.1, -0.05) is 12.1 Å². The lowest BCUT2D eigenvalue weighted by molar-refractivity contribution is -0.126. The summed E-state index contributed by atoms with van der Waals surface area (Å²) in [6.07, 6.45) is 4.51. The Hall–Kier alpha value is -2.05. The van der Waals surface area contributed by atoms with Crippen molar-refractivity contribution in [3.8, 4) is 0 Å². The zero-order valence-electron chi connectivity index (χ0n) is 13.4. The predicted octanol–water partition coefficient (Wildman–Crippen LogP) is 1.10. The van der Waals surface area contributed by atoms with Gasteiger partial charge < -0.3 is 5.32 Å². The number of amides is 1. The summed E-state index contributed by atoms with van der Waals surface area (Å²) in [5.41, 5.74) is 9.42. The van der Waals surface area contributed by atoms with Crippen LogP contribution in [0, 0.1) is 11.8 Å². The maximum Gasteiger partial charge on any atom is 0.220 e. The topological polar surface area (TPSA) is 78.9 Å². The molecule has 1 aliphatic carbocycles. The molecule has 1 aromatic carbocycles. The molecule has 1 saturated carbocycles. The molecule has 6 heteroatoms. The Morgan fingerprint density at radius 3 is 2.88 bits per heavy atom. The van der Waals surface area contributed by atoms with E-state index in [0.717, 1.165) is 36.1 Å². The molecule has 6 nitrogen and oxygen atoms in total. The number of fused-ring (bicyclic) bond motifs is 3. The Labute approximate surface area is 140 Å². The van der Waals surface area contributed by atoms with Crippen LogP contribution >= 0.6 is 0 Å². The minimum Gasteiger partial charge on any atom is -0.353 e. The average molecular weight is 323 g/mol. The van der Waals surface area contributed by atoms with E-state index in [2.05, 4.69) is 21.2 Å². The van der Waals surface area contributed by atoms with Gasteiger partial charge in [0, 0.05) is 37.2 Å². The van der Waals surface area contributed by atoms with E-state index >= 15 is 0 Å². The number of aromatic nitrogens is 2. The lowest BCUT2D eigenvalue weighted by atomic mass is 9.67. The molecule has 5 atom stereocenters. The second kappa shape index (κ2) is 5.50. The fourth-order valence-corrected chi connectivity index (χ4v) is 4.74. The lowest BCUT2D eigenvalue weighted by Gasteiger charge is -2.45. The molecular weight excluding hydrogens is 302 g/mol. The number of carbonyl (C=O) groups excluding carboxylic acids is 1. The van der Waals surface area contributed by atoms with E-state index in [1.54, 1.807) is 0 Å². The zero-order chi connectivity index (χ0) is 16.1. The molecule has 124 valence electrons. The summed E-state index contributed by atoms with van der Waals surface area (Å²) in [4.78, 5) is 21.7. The summed E-state index contributed by atoms with van der Waals surface area (Å²) in [5, 5.41) is 3.21. The Morgan fingerprint density at radius 2 is 1.96 bits per heavy atom. The van der Waals surface area contributed by atoms with E-state index < -0.39 is 0 Å². The Bertz CT molecular complexity index is 794. The second-order valence-corrected chi connectivity index (χ2v) is 7.30. The van der Waals surface area contributed by atoms with Gasteiger partial charge in [0.15, 0.2) is 0 Å². The highest BCUT2D eigenvalue weighted by molar-refractivity contribution is 5.79. The predicted molar refractivity (Wildman–Crippen MR) is 90.0 cm³/mol. The van der Waals surface area contributed by atoms with Crippen LogP contribution < -0.4 is 16.2 Å². The number of rotatable bonds is 1. The van der Waals surface area contributed by atoms with Gasteiger partial charge in [-0.2, -0.15) is 0 Å². The van der Waals surface area contributed by atoms with Crippen molar-refractivity contribution in [1.82, 2.24) is 26.1 Å². The van der Waals surface area contributed by atoms with Crippen LogP contribution in [0.1, 0.15) is 30.9 Å². The van der Waals surface area contributed by atoms with E-state index in [0.29, 0.717) is 24.3 Å². The molecule has 3 fully saturated rings. The van der Waals surface area contributed by atoms with E-state index in [1.807, 2.05) is 30.5 Å². The smallest absolute Gasteiger partial charge is 0.220 e. The van der Waals surface area contributed by atoms with Crippen molar-refractivity contribution < 1.29 is 4.79 Å². The van der Waals surface area contributed by atoms with Gasteiger partial charge >= 0.3 is 0 Å². The molecule has 3 heterocycles. The molecule has 24 heavy (non-hydrogen) atoms. The van der Waals surface area contributed by atoms with Gasteiger partial charge in [0.2, 0.25) is 5.91 Å². The lowest BCUT2D eigenvalue weighted by Crippen LogP contribution is -2.55. The van der Waals surface area contributed by atoms with Gasteiger partial charge in [-0.05, 0) is 36.8 Å². The summed E-state index contributed by atoms with van der Waals surface area (Å²) in [6.45, 7) is 1.01. The average Bonchev–Trinajstić information content (AvgIpc) is 3.06. The standard InChI is InChI=1S/C18H21N5O/c24-18-6-12(17-9-19-13-3-1-2-4-14(13)21-17)11-5-10-8-20-23-15(10)7-16(11)22-18/h1-4,9-12,15-16,20,23H,5-8H2,(H,22,24). The molecule has 2 aliphatic heterocycles. The van der Waals surface area contributed by atoms with Crippen LogP contribution in [0.15, 0.2) is 30.5 Å². The van der Waals surface area contributed by atoms with Crippen molar-refractivity contribution in [2.45, 2.75) is 37.3 Å². The Morgan fingerprint density at radius 1 is 1.08 bits per heavy atom. The van der Waals surface area contributed by atoms with E-state index in [-0.39, 0.29) is 17.9 Å². The number of hydrogen-bond acceptors (Lipinski definition) is 5. The first-order valence-electron chi connectivity index (χ1n) is 8.77. The highest BCUT2D eigenvalue weighted by atomic mass is 16.1. The third-order valence-electron chi connectivity index (χ3n) is 5.94. The van der Waals surface area contributed by atoms with E-state index in [9.17, 15) is 4.79 Å². The normalized spacial score (nSPS) is 35.3. The first-order valence-corrected chi connectivity index (χ1v) is 8.77. The largest absolute Gasteiger partial charge is 0.353 e. The van der Waals surface area contributed by atoms with Gasteiger partial charge in [0.25, 0.3) is 0 Å². The number of hydrazine groups is 1. The summed E-state index contributed by atoms with van der Waals surface area (Å²) in [5.74, 6) is 1.39. The van der Waals surface area contributed by atoms with Crippen molar-refractivity contribution in [1.29, 1.82) is 0 Å². The van der Waals surface area contributed by atoms with Gasteiger partial charge in [-0.3, -0.25) is 20.6 Å². The molecular formula is C18H21N5O. The minimum absolute atomic E-state index is 0.139. The molecule has 1 amide bonds. The maximum absolute atomic E-state index is 12.3. The fraction of sp³-hybridized carbons (Fsp3) is 0.500. The summed E-state index contributed by atoms with van der Waals surface area (Å²) in [6, 6.07) is 8.63. The first kappa shape index (κ1) is 14.3. The van der Waals surface area contributed by atoms with Crippen LogP contribution in [-0.2, 0) is 4.79 Å². The molecule has 0 radical (unpaired) electrons. The monoisotopic (exact) mass is 323 g/mol. The van der Waals surface area contributed by atoms with Gasteiger partial charge in [0.05, 0.1) is 16.7 Å². The van der Waals surface area contributed by atoms with Crippen LogP contribution in [-0.4, -0.2) is 34.5 Å². The highest BCUT2D eigenvalue weighted by Crippen LogP contribution is 2.43. The number of para-hydroxylation sites is 2.